The molecule has 2 aliphatic rings. The number of fused-ring (bicyclic) bond motifs is 4. The molecular formula is C26H27FN4O2. The lowest BCUT2D eigenvalue weighted by molar-refractivity contribution is -0.126. The van der Waals surface area contributed by atoms with Crippen molar-refractivity contribution in [2.24, 2.45) is 5.73 Å². The molecule has 0 fully saturated rings. The van der Waals surface area contributed by atoms with Gasteiger partial charge in [-0.15, -0.1) is 0 Å². The van der Waals surface area contributed by atoms with E-state index in [4.69, 9.17) is 5.73 Å². The van der Waals surface area contributed by atoms with Gasteiger partial charge < -0.3 is 20.5 Å². The summed E-state index contributed by atoms with van der Waals surface area (Å²) in [5, 5.41) is 0.757. The molecule has 0 saturated carbocycles. The van der Waals surface area contributed by atoms with Gasteiger partial charge in [0.2, 0.25) is 5.91 Å². The van der Waals surface area contributed by atoms with Gasteiger partial charge in [-0.2, -0.15) is 0 Å². The van der Waals surface area contributed by atoms with E-state index in [1.807, 2.05) is 18.2 Å². The van der Waals surface area contributed by atoms with Crippen molar-refractivity contribution in [2.45, 2.75) is 25.8 Å². The lowest BCUT2D eigenvalue weighted by Crippen LogP contribution is -2.34. The number of halogens is 1. The Labute approximate surface area is 191 Å². The molecule has 3 N–H and O–H groups in total. The van der Waals surface area contributed by atoms with Gasteiger partial charge in [0.25, 0.3) is 5.91 Å². The van der Waals surface area contributed by atoms with Crippen molar-refractivity contribution in [2.75, 3.05) is 26.7 Å². The van der Waals surface area contributed by atoms with E-state index in [0.29, 0.717) is 30.6 Å². The molecule has 3 heterocycles. The fraction of sp³-hybridized carbons (Fsp3) is 0.308. The number of hydrogen-bond donors (Lipinski definition) is 2. The second-order valence-electron chi connectivity index (χ2n) is 8.94. The predicted octanol–water partition coefficient (Wildman–Crippen LogP) is 3.17. The van der Waals surface area contributed by atoms with Crippen LogP contribution in [0.4, 0.5) is 4.39 Å². The second-order valence-corrected chi connectivity index (χ2v) is 8.94. The number of amides is 2. The maximum atomic E-state index is 15.8. The SMILES string of the molecule is C=CC(=O)N1CCc2c(cccc2-c2c(F)cc(C(N)=O)c3[nH]c4c(c23)CCN(C)CC4)C1. The highest BCUT2D eigenvalue weighted by molar-refractivity contribution is 6.11. The fourth-order valence-corrected chi connectivity index (χ4v) is 5.28. The van der Waals surface area contributed by atoms with E-state index < -0.39 is 11.7 Å². The first-order valence-electron chi connectivity index (χ1n) is 11.3. The molecule has 2 amide bonds. The number of H-pyrrole nitrogens is 1. The summed E-state index contributed by atoms with van der Waals surface area (Å²) in [5.74, 6) is -1.20. The Balaban J connectivity index is 1.75. The summed E-state index contributed by atoms with van der Waals surface area (Å²) in [5.41, 5.74) is 11.9. The van der Waals surface area contributed by atoms with Crippen molar-refractivity contribution in [1.82, 2.24) is 14.8 Å². The van der Waals surface area contributed by atoms with Crippen LogP contribution in [-0.2, 0) is 30.6 Å². The predicted molar refractivity (Wildman–Crippen MR) is 126 cm³/mol. The minimum Gasteiger partial charge on any atom is -0.366 e. The number of hydrogen-bond acceptors (Lipinski definition) is 3. The molecule has 2 aromatic carbocycles. The van der Waals surface area contributed by atoms with Gasteiger partial charge >= 0.3 is 0 Å². The van der Waals surface area contributed by atoms with Crippen molar-refractivity contribution in [3.05, 3.63) is 70.7 Å². The molecule has 0 unspecified atom stereocenters. The van der Waals surface area contributed by atoms with Crippen molar-refractivity contribution in [1.29, 1.82) is 0 Å². The zero-order valence-corrected chi connectivity index (χ0v) is 18.7. The summed E-state index contributed by atoms with van der Waals surface area (Å²) in [6.45, 7) is 6.35. The summed E-state index contributed by atoms with van der Waals surface area (Å²) < 4.78 is 15.8. The highest BCUT2D eigenvalue weighted by atomic mass is 19.1. The molecule has 0 aliphatic carbocycles. The third-order valence-corrected chi connectivity index (χ3v) is 7.00. The number of aromatic amines is 1. The van der Waals surface area contributed by atoms with E-state index in [9.17, 15) is 9.59 Å². The Morgan fingerprint density at radius 1 is 1.15 bits per heavy atom. The Morgan fingerprint density at radius 2 is 1.91 bits per heavy atom. The Hall–Kier alpha value is -3.45. The minimum atomic E-state index is -0.646. The molecule has 0 spiro atoms. The third-order valence-electron chi connectivity index (χ3n) is 7.00. The van der Waals surface area contributed by atoms with E-state index in [-0.39, 0.29) is 11.5 Å². The monoisotopic (exact) mass is 446 g/mol. The summed E-state index contributed by atoms with van der Waals surface area (Å²) >= 11 is 0. The third kappa shape index (κ3) is 3.53. The summed E-state index contributed by atoms with van der Waals surface area (Å²) in [4.78, 5) is 31.8. The second kappa shape index (κ2) is 8.15. The number of primary amides is 1. The Morgan fingerprint density at radius 3 is 2.67 bits per heavy atom. The van der Waals surface area contributed by atoms with Crippen LogP contribution in [0.5, 0.6) is 0 Å². The number of likely N-dealkylation sites (N-methyl/N-ethyl adjacent to an activating group) is 1. The lowest BCUT2D eigenvalue weighted by Gasteiger charge is -2.29. The highest BCUT2D eigenvalue weighted by Crippen LogP contribution is 2.41. The first kappa shape index (κ1) is 21.4. The van der Waals surface area contributed by atoms with Gasteiger partial charge in [0.1, 0.15) is 5.82 Å². The average molecular weight is 447 g/mol. The van der Waals surface area contributed by atoms with E-state index in [1.54, 1.807) is 4.90 Å². The van der Waals surface area contributed by atoms with E-state index in [1.165, 1.54) is 12.1 Å². The molecule has 5 rings (SSSR count). The number of nitrogens with zero attached hydrogens (tertiary/aromatic N) is 2. The number of nitrogens with one attached hydrogen (secondary N) is 1. The number of rotatable bonds is 3. The molecule has 1 aromatic heterocycles. The molecule has 6 nitrogen and oxygen atoms in total. The zero-order valence-electron chi connectivity index (χ0n) is 18.7. The van der Waals surface area contributed by atoms with Crippen molar-refractivity contribution in [3.8, 4) is 11.1 Å². The topological polar surface area (TPSA) is 82.4 Å². The van der Waals surface area contributed by atoms with Crippen molar-refractivity contribution >= 4 is 22.7 Å². The molecule has 170 valence electrons. The van der Waals surface area contributed by atoms with Crippen molar-refractivity contribution < 1.29 is 14.0 Å². The van der Waals surface area contributed by atoms with Gasteiger partial charge in [-0.05, 0) is 54.3 Å². The molecular weight excluding hydrogens is 419 g/mol. The molecule has 0 atom stereocenters. The first-order valence-corrected chi connectivity index (χ1v) is 11.3. The van der Waals surface area contributed by atoms with E-state index >= 15 is 4.39 Å². The van der Waals surface area contributed by atoms with Gasteiger partial charge in [-0.25, -0.2) is 4.39 Å². The summed E-state index contributed by atoms with van der Waals surface area (Å²) in [7, 11) is 2.08. The maximum Gasteiger partial charge on any atom is 0.250 e. The normalized spacial score (nSPS) is 16.2. The maximum absolute atomic E-state index is 15.8. The summed E-state index contributed by atoms with van der Waals surface area (Å²) in [6, 6.07) is 7.09. The van der Waals surface area contributed by atoms with Crippen LogP contribution in [0, 0.1) is 5.82 Å². The quantitative estimate of drug-likeness (QED) is 0.607. The van der Waals surface area contributed by atoms with Crippen LogP contribution < -0.4 is 5.73 Å². The van der Waals surface area contributed by atoms with Gasteiger partial charge in [-0.3, -0.25) is 9.59 Å². The minimum absolute atomic E-state index is 0.106. The van der Waals surface area contributed by atoms with Gasteiger partial charge in [-0.1, -0.05) is 24.8 Å². The Kier molecular flexibility index (Phi) is 5.29. The van der Waals surface area contributed by atoms with Crippen LogP contribution in [0.25, 0.3) is 22.0 Å². The van der Waals surface area contributed by atoms with Crippen LogP contribution in [0.15, 0.2) is 36.9 Å². The van der Waals surface area contributed by atoms with Crippen LogP contribution >= 0.6 is 0 Å². The first-order chi connectivity index (χ1) is 15.9. The van der Waals surface area contributed by atoms with Crippen LogP contribution in [0.2, 0.25) is 0 Å². The number of benzene rings is 2. The molecule has 0 bridgehead atoms. The molecule has 7 heteroatoms. The molecule has 0 radical (unpaired) electrons. The van der Waals surface area contributed by atoms with Crippen LogP contribution in [0.1, 0.15) is 32.7 Å². The zero-order chi connectivity index (χ0) is 23.3. The molecule has 3 aromatic rings. The van der Waals surface area contributed by atoms with Crippen molar-refractivity contribution in [3.63, 3.8) is 0 Å². The highest BCUT2D eigenvalue weighted by Gasteiger charge is 2.28. The Bertz CT molecular complexity index is 1310. The number of carbonyl (C=O) groups excluding carboxylic acids is 2. The molecule has 33 heavy (non-hydrogen) atoms. The fourth-order valence-electron chi connectivity index (χ4n) is 5.28. The standard InChI is InChI=1S/C26H27FN4O2/c1-3-22(32)31-12-8-16-15(14-31)5-4-6-17(16)23-20(27)13-19(26(28)33)25-24(23)18-7-10-30(2)11-9-21(18)29-25/h3-6,13,29H,1,7-12,14H2,2H3,(H2,28,33). The summed E-state index contributed by atoms with van der Waals surface area (Å²) in [6.07, 6.45) is 3.51. The van der Waals surface area contributed by atoms with E-state index in [2.05, 4.69) is 23.5 Å². The smallest absolute Gasteiger partial charge is 0.250 e. The molecule has 0 saturated heterocycles. The largest absolute Gasteiger partial charge is 0.366 e. The number of aromatic nitrogens is 1. The number of nitrogens with two attached hydrogens (primary N) is 1. The van der Waals surface area contributed by atoms with Crippen LogP contribution in [-0.4, -0.2) is 53.3 Å². The van der Waals surface area contributed by atoms with Crippen LogP contribution in [0.3, 0.4) is 0 Å². The number of carbonyl (C=O) groups is 2. The lowest BCUT2D eigenvalue weighted by atomic mass is 9.87. The average Bonchev–Trinajstić information content (AvgIpc) is 3.07. The molecule has 2 aliphatic heterocycles. The van der Waals surface area contributed by atoms with Gasteiger partial charge in [0, 0.05) is 49.2 Å². The van der Waals surface area contributed by atoms with E-state index in [0.717, 1.165) is 59.3 Å². The van der Waals surface area contributed by atoms with Gasteiger partial charge in [0.15, 0.2) is 0 Å². The van der Waals surface area contributed by atoms with Gasteiger partial charge in [0.05, 0.1) is 11.1 Å².